The van der Waals surface area contributed by atoms with E-state index in [0.717, 1.165) is 11.3 Å². The number of hydrogen-bond acceptors (Lipinski definition) is 4. The van der Waals surface area contributed by atoms with Crippen molar-refractivity contribution in [2.45, 2.75) is 18.1 Å². The summed E-state index contributed by atoms with van der Waals surface area (Å²) in [7, 11) is 1.62. The van der Waals surface area contributed by atoms with E-state index in [2.05, 4.69) is 10.3 Å². The first-order valence-electron chi connectivity index (χ1n) is 7.65. The number of benzene rings is 2. The first-order chi connectivity index (χ1) is 11.7. The maximum atomic E-state index is 12.5. The minimum absolute atomic E-state index is 0.225. The van der Waals surface area contributed by atoms with Crippen LogP contribution < -0.4 is 10.1 Å². The Hall–Kier alpha value is -2.31. The predicted molar refractivity (Wildman–Crippen MR) is 94.9 cm³/mol. The van der Waals surface area contributed by atoms with E-state index in [0.29, 0.717) is 18.5 Å². The second kappa shape index (κ2) is 7.51. The highest BCUT2D eigenvalue weighted by Gasteiger charge is 2.43. The highest BCUT2D eigenvalue weighted by atomic mass is 32.2. The molecule has 0 radical (unpaired) electrons. The molecule has 1 amide bonds. The molecule has 0 aliphatic carbocycles. The summed E-state index contributed by atoms with van der Waals surface area (Å²) in [5.74, 6) is 0.565. The van der Waals surface area contributed by atoms with Crippen LogP contribution in [0.4, 0.5) is 5.69 Å². The van der Waals surface area contributed by atoms with E-state index in [-0.39, 0.29) is 11.1 Å². The quantitative estimate of drug-likeness (QED) is 0.849. The molecule has 2 unspecified atom stereocenters. The molecule has 0 saturated carbocycles. The van der Waals surface area contributed by atoms with Gasteiger partial charge in [0.25, 0.3) is 5.91 Å². The van der Waals surface area contributed by atoms with Crippen molar-refractivity contribution in [1.29, 1.82) is 0 Å². The van der Waals surface area contributed by atoms with Crippen LogP contribution in [-0.4, -0.2) is 28.0 Å². The number of carbonyl (C=O) groups excluding carboxylic acids is 1. The SMILES string of the molecule is COc1ccc(CCC2C(=O)N/C(=N\c3ccccc3)[S+]2[O-])cc1. The number of carbonyl (C=O) groups is 1. The molecule has 2 aromatic carbocycles. The van der Waals surface area contributed by atoms with E-state index >= 15 is 0 Å². The van der Waals surface area contributed by atoms with Crippen LogP contribution in [0.2, 0.25) is 0 Å². The third-order valence-corrected chi connectivity index (χ3v) is 5.35. The normalized spacial score (nSPS) is 21.8. The molecule has 0 bridgehead atoms. The van der Waals surface area contributed by atoms with Crippen molar-refractivity contribution in [3.63, 3.8) is 0 Å². The molecule has 24 heavy (non-hydrogen) atoms. The zero-order valence-corrected chi connectivity index (χ0v) is 14.1. The van der Waals surface area contributed by atoms with Gasteiger partial charge >= 0.3 is 5.17 Å². The van der Waals surface area contributed by atoms with Crippen LogP contribution in [0, 0.1) is 0 Å². The van der Waals surface area contributed by atoms with Gasteiger partial charge in [-0.3, -0.25) is 10.1 Å². The van der Waals surface area contributed by atoms with Crippen LogP contribution in [0.3, 0.4) is 0 Å². The number of aryl methyl sites for hydroxylation is 1. The lowest BCUT2D eigenvalue weighted by Crippen LogP contribution is -2.26. The number of rotatable bonds is 5. The van der Waals surface area contributed by atoms with Crippen molar-refractivity contribution in [2.75, 3.05) is 7.11 Å². The number of nitrogens with one attached hydrogen (secondary N) is 1. The number of amides is 1. The van der Waals surface area contributed by atoms with Gasteiger partial charge in [0.1, 0.15) is 5.75 Å². The Kier molecular flexibility index (Phi) is 5.17. The van der Waals surface area contributed by atoms with Crippen LogP contribution in [0.1, 0.15) is 12.0 Å². The number of aliphatic imine (C=N–C) groups is 1. The van der Waals surface area contributed by atoms with Crippen molar-refractivity contribution in [3.8, 4) is 5.75 Å². The first-order valence-corrected chi connectivity index (χ1v) is 8.87. The first kappa shape index (κ1) is 16.5. The molecule has 1 aliphatic rings. The molecule has 1 saturated heterocycles. The number of para-hydroxylation sites is 1. The molecule has 0 spiro atoms. The van der Waals surface area contributed by atoms with E-state index in [9.17, 15) is 9.35 Å². The van der Waals surface area contributed by atoms with Gasteiger partial charge < -0.3 is 9.29 Å². The van der Waals surface area contributed by atoms with E-state index in [1.165, 1.54) is 0 Å². The number of nitrogens with zero attached hydrogens (tertiary/aromatic N) is 1. The summed E-state index contributed by atoms with van der Waals surface area (Å²) in [4.78, 5) is 16.4. The van der Waals surface area contributed by atoms with E-state index in [1.54, 1.807) is 19.2 Å². The fraction of sp³-hybridized carbons (Fsp3) is 0.222. The van der Waals surface area contributed by atoms with E-state index in [1.807, 2.05) is 42.5 Å². The second-order valence-electron chi connectivity index (χ2n) is 5.41. The molecule has 6 heteroatoms. The highest BCUT2D eigenvalue weighted by molar-refractivity contribution is 8.08. The van der Waals surface area contributed by atoms with Crippen LogP contribution in [0.25, 0.3) is 0 Å². The summed E-state index contributed by atoms with van der Waals surface area (Å²) < 4.78 is 17.6. The maximum Gasteiger partial charge on any atom is 0.324 e. The Morgan fingerprint density at radius 1 is 1.17 bits per heavy atom. The van der Waals surface area contributed by atoms with Gasteiger partial charge in [-0.2, -0.15) is 4.99 Å². The Labute approximate surface area is 143 Å². The molecule has 1 fully saturated rings. The molecule has 1 aliphatic heterocycles. The minimum Gasteiger partial charge on any atom is -0.608 e. The smallest absolute Gasteiger partial charge is 0.324 e. The molecule has 5 nitrogen and oxygen atoms in total. The van der Waals surface area contributed by atoms with E-state index < -0.39 is 16.4 Å². The topological polar surface area (TPSA) is 73.8 Å². The van der Waals surface area contributed by atoms with Gasteiger partial charge in [0.2, 0.25) is 5.25 Å². The highest BCUT2D eigenvalue weighted by Crippen LogP contribution is 2.22. The van der Waals surface area contributed by atoms with Crippen LogP contribution >= 0.6 is 0 Å². The monoisotopic (exact) mass is 342 g/mol. The van der Waals surface area contributed by atoms with Crippen molar-refractivity contribution < 1.29 is 14.1 Å². The zero-order valence-electron chi connectivity index (χ0n) is 13.3. The third kappa shape index (κ3) is 3.77. The van der Waals surface area contributed by atoms with Gasteiger partial charge in [0, 0.05) is 17.6 Å². The summed E-state index contributed by atoms with van der Waals surface area (Å²) in [5.41, 5.74) is 1.76. The molecule has 2 atom stereocenters. The molecular formula is C18H18N2O3S. The molecule has 0 aromatic heterocycles. The molecule has 3 rings (SSSR count). The fourth-order valence-electron chi connectivity index (χ4n) is 2.49. The summed E-state index contributed by atoms with van der Waals surface area (Å²) in [6.45, 7) is 0. The van der Waals surface area contributed by atoms with Gasteiger partial charge in [0.15, 0.2) is 0 Å². The summed E-state index contributed by atoms with van der Waals surface area (Å²) >= 11 is -1.44. The van der Waals surface area contributed by atoms with E-state index in [4.69, 9.17) is 4.74 Å². The van der Waals surface area contributed by atoms with Crippen molar-refractivity contribution in [3.05, 3.63) is 60.2 Å². The summed E-state index contributed by atoms with van der Waals surface area (Å²) in [6.07, 6.45) is 1.19. The fourth-order valence-corrected chi connectivity index (χ4v) is 3.74. The number of hydrogen-bond donors (Lipinski definition) is 1. The average molecular weight is 342 g/mol. The Balaban J connectivity index is 1.65. The van der Waals surface area contributed by atoms with Gasteiger partial charge in [-0.15, -0.1) is 0 Å². The molecule has 1 heterocycles. The Morgan fingerprint density at radius 2 is 1.88 bits per heavy atom. The van der Waals surface area contributed by atoms with Gasteiger partial charge in [-0.05, 0) is 36.2 Å². The predicted octanol–water partition coefficient (Wildman–Crippen LogP) is 2.56. The van der Waals surface area contributed by atoms with Crippen molar-refractivity contribution in [2.24, 2.45) is 4.99 Å². The van der Waals surface area contributed by atoms with Crippen LogP contribution in [0.15, 0.2) is 59.6 Å². The van der Waals surface area contributed by atoms with Crippen LogP contribution in [0.5, 0.6) is 5.75 Å². The van der Waals surface area contributed by atoms with Gasteiger partial charge in [-0.1, -0.05) is 30.3 Å². The summed E-state index contributed by atoms with van der Waals surface area (Å²) in [5, 5.41) is 2.33. The summed E-state index contributed by atoms with van der Waals surface area (Å²) in [6, 6.07) is 16.8. The lowest BCUT2D eigenvalue weighted by molar-refractivity contribution is -0.118. The van der Waals surface area contributed by atoms with Gasteiger partial charge in [-0.25, -0.2) is 0 Å². The van der Waals surface area contributed by atoms with Gasteiger partial charge in [0.05, 0.1) is 12.8 Å². The molecule has 2 aromatic rings. The number of amidine groups is 1. The number of ether oxygens (including phenoxy) is 1. The molecule has 1 N–H and O–H groups in total. The average Bonchev–Trinajstić information content (AvgIpc) is 2.88. The maximum absolute atomic E-state index is 12.5. The number of methoxy groups -OCH3 is 1. The standard InChI is InChI=1S/C18H18N2O3S/c1-23-15-10-7-13(8-11-15)9-12-16-17(21)20-18(24(16)22)19-14-5-3-2-4-6-14/h2-8,10-11,16H,9,12H2,1H3,(H,19,20,21). The Morgan fingerprint density at radius 3 is 2.54 bits per heavy atom. The minimum atomic E-state index is -1.44. The second-order valence-corrected chi connectivity index (χ2v) is 6.97. The lowest BCUT2D eigenvalue weighted by Gasteiger charge is -2.10. The van der Waals surface area contributed by atoms with Crippen LogP contribution in [-0.2, 0) is 22.4 Å². The zero-order chi connectivity index (χ0) is 16.9. The third-order valence-electron chi connectivity index (χ3n) is 3.81. The lowest BCUT2D eigenvalue weighted by atomic mass is 10.1. The largest absolute Gasteiger partial charge is 0.608 e. The molecular weight excluding hydrogens is 324 g/mol. The Bertz CT molecular complexity index is 732. The molecule has 124 valence electrons. The van der Waals surface area contributed by atoms with Crippen molar-refractivity contribution in [1.82, 2.24) is 5.32 Å². The van der Waals surface area contributed by atoms with Crippen molar-refractivity contribution >= 4 is 27.9 Å².